The molecule has 0 radical (unpaired) electrons. The fourth-order valence-corrected chi connectivity index (χ4v) is 2.52. The van der Waals surface area contributed by atoms with Crippen molar-refractivity contribution in [2.75, 3.05) is 25.7 Å². The highest BCUT2D eigenvalue weighted by Gasteiger charge is 2.12. The van der Waals surface area contributed by atoms with E-state index in [1.54, 1.807) is 25.8 Å². The normalized spacial score (nSPS) is 12.3. The van der Waals surface area contributed by atoms with Crippen molar-refractivity contribution in [1.29, 1.82) is 0 Å². The van der Waals surface area contributed by atoms with Crippen LogP contribution in [0.2, 0.25) is 0 Å². The molecule has 2 aromatic heterocycles. The second-order valence-electron chi connectivity index (χ2n) is 4.96. The summed E-state index contributed by atoms with van der Waals surface area (Å²) in [6, 6.07) is 5.59. The molecule has 0 aliphatic carbocycles. The van der Waals surface area contributed by atoms with Crippen LogP contribution in [0.5, 0.6) is 11.5 Å². The van der Waals surface area contributed by atoms with Crippen LogP contribution in [0.25, 0.3) is 16.9 Å². The van der Waals surface area contributed by atoms with Crippen molar-refractivity contribution in [2.45, 2.75) is 0 Å². The molecule has 0 saturated heterocycles. The van der Waals surface area contributed by atoms with Crippen LogP contribution in [0, 0.1) is 0 Å². The van der Waals surface area contributed by atoms with Gasteiger partial charge in [-0.25, -0.2) is 4.98 Å². The first-order valence-electron chi connectivity index (χ1n) is 7.07. The Kier molecular flexibility index (Phi) is 4.68. The minimum absolute atomic E-state index is 0.373. The van der Waals surface area contributed by atoms with Crippen LogP contribution >= 0.6 is 0 Å². The molecule has 3 aromatic rings. The van der Waals surface area contributed by atoms with Crippen LogP contribution in [0.4, 0.5) is 0 Å². The average Bonchev–Trinajstić information content (AvgIpc) is 2.98. The molecule has 0 saturated carbocycles. The molecule has 120 valence electrons. The Labute approximate surface area is 137 Å². The van der Waals surface area contributed by atoms with Gasteiger partial charge in [0, 0.05) is 30.2 Å². The average molecular weight is 331 g/mol. The summed E-state index contributed by atoms with van der Waals surface area (Å²) < 4.78 is 24.2. The summed E-state index contributed by atoms with van der Waals surface area (Å²) in [5.74, 6) is 1.84. The van der Waals surface area contributed by atoms with Crippen molar-refractivity contribution < 1.29 is 14.0 Å². The number of methoxy groups -OCH3 is 1. The Balaban J connectivity index is 1.96. The lowest BCUT2D eigenvalue weighted by Crippen LogP contribution is -2.12. The molecule has 1 aromatic carbocycles. The van der Waals surface area contributed by atoms with Gasteiger partial charge in [0.2, 0.25) is 0 Å². The van der Waals surface area contributed by atoms with E-state index >= 15 is 0 Å². The zero-order valence-corrected chi connectivity index (χ0v) is 13.7. The van der Waals surface area contributed by atoms with Crippen molar-refractivity contribution in [3.63, 3.8) is 0 Å². The fourth-order valence-electron chi connectivity index (χ4n) is 2.20. The predicted molar refractivity (Wildman–Crippen MR) is 89.4 cm³/mol. The number of fused-ring (bicyclic) bond motifs is 1. The molecule has 6 nitrogen and oxygen atoms in total. The van der Waals surface area contributed by atoms with Crippen molar-refractivity contribution >= 4 is 16.8 Å². The largest absolute Gasteiger partial charge is 0.616 e. The number of imidazole rings is 1. The highest BCUT2D eigenvalue weighted by atomic mass is 32.2. The molecule has 7 heteroatoms. The molecule has 0 bridgehead atoms. The summed E-state index contributed by atoms with van der Waals surface area (Å²) in [4.78, 5) is 8.63. The molecular weight excluding hydrogens is 314 g/mol. The summed E-state index contributed by atoms with van der Waals surface area (Å²) >= 11 is -0.894. The Morgan fingerprint density at radius 3 is 2.96 bits per heavy atom. The van der Waals surface area contributed by atoms with Crippen molar-refractivity contribution in [1.82, 2.24) is 14.4 Å². The van der Waals surface area contributed by atoms with Crippen LogP contribution in [0.1, 0.15) is 0 Å². The molecule has 0 amide bonds. The summed E-state index contributed by atoms with van der Waals surface area (Å²) in [7, 11) is 1.61. The van der Waals surface area contributed by atoms with Gasteiger partial charge in [-0.05, 0) is 12.1 Å². The van der Waals surface area contributed by atoms with E-state index in [4.69, 9.17) is 9.47 Å². The first kappa shape index (κ1) is 15.6. The third-order valence-corrected chi connectivity index (χ3v) is 4.10. The van der Waals surface area contributed by atoms with Gasteiger partial charge in [0.25, 0.3) is 0 Å². The van der Waals surface area contributed by atoms with Crippen molar-refractivity contribution in [3.8, 4) is 22.8 Å². The molecule has 23 heavy (non-hydrogen) atoms. The predicted octanol–water partition coefficient (Wildman–Crippen LogP) is 2.16. The summed E-state index contributed by atoms with van der Waals surface area (Å²) in [6.07, 6.45) is 8.83. The van der Waals surface area contributed by atoms with Gasteiger partial charge in [-0.15, -0.1) is 0 Å². The summed E-state index contributed by atoms with van der Waals surface area (Å²) in [5.41, 5.74) is 2.41. The van der Waals surface area contributed by atoms with E-state index < -0.39 is 11.2 Å². The van der Waals surface area contributed by atoms with Gasteiger partial charge in [-0.3, -0.25) is 4.98 Å². The number of nitrogens with zero attached hydrogens (tertiary/aromatic N) is 3. The lowest BCUT2D eigenvalue weighted by atomic mass is 10.1. The number of hydrogen-bond donors (Lipinski definition) is 0. The summed E-state index contributed by atoms with van der Waals surface area (Å²) in [5, 5.41) is 0. The number of aromatic nitrogens is 3. The first-order chi connectivity index (χ1) is 11.2. The lowest BCUT2D eigenvalue weighted by Gasteiger charge is -2.12. The molecule has 0 spiro atoms. The number of hydrogen-bond acceptors (Lipinski definition) is 5. The van der Waals surface area contributed by atoms with Gasteiger partial charge in [-0.1, -0.05) is 11.2 Å². The smallest absolute Gasteiger partial charge is 0.155 e. The fraction of sp³-hybridized carbons (Fsp3) is 0.250. The third kappa shape index (κ3) is 3.57. The molecule has 0 aliphatic rings. The van der Waals surface area contributed by atoms with E-state index in [0.29, 0.717) is 23.9 Å². The SMILES string of the molecule is COc1ccc(-c2cn3ccncc3n2)c(OCC[S+](C)[O-])c1. The second kappa shape index (κ2) is 6.89. The topological polar surface area (TPSA) is 71.7 Å². The van der Waals surface area contributed by atoms with Gasteiger partial charge in [0.1, 0.15) is 23.9 Å². The van der Waals surface area contributed by atoms with Crippen LogP contribution in [-0.2, 0) is 11.2 Å². The second-order valence-corrected chi connectivity index (χ2v) is 6.51. The minimum Gasteiger partial charge on any atom is -0.616 e. The maximum absolute atomic E-state index is 11.2. The number of rotatable bonds is 6. The standard InChI is InChI=1S/C16H17N3O3S/c1-21-12-3-4-13(15(9-12)22-7-8-23(2)20)14-11-19-6-5-17-10-16(19)18-14/h3-6,9-11H,7-8H2,1-2H3. The van der Waals surface area contributed by atoms with E-state index in [1.807, 2.05) is 35.0 Å². The van der Waals surface area contributed by atoms with Crippen molar-refractivity contribution in [2.24, 2.45) is 0 Å². The van der Waals surface area contributed by atoms with Crippen molar-refractivity contribution in [3.05, 3.63) is 43.0 Å². The van der Waals surface area contributed by atoms with E-state index in [0.717, 1.165) is 16.9 Å². The van der Waals surface area contributed by atoms with E-state index in [9.17, 15) is 4.55 Å². The molecule has 3 rings (SSSR count). The highest BCUT2D eigenvalue weighted by molar-refractivity contribution is 7.90. The molecule has 1 atom stereocenters. The molecule has 0 N–H and O–H groups in total. The van der Waals surface area contributed by atoms with Crippen LogP contribution in [0.3, 0.4) is 0 Å². The van der Waals surface area contributed by atoms with Gasteiger partial charge in [0.05, 0.1) is 25.3 Å². The zero-order valence-electron chi connectivity index (χ0n) is 12.9. The van der Waals surface area contributed by atoms with E-state index in [2.05, 4.69) is 9.97 Å². The van der Waals surface area contributed by atoms with Crippen LogP contribution in [-0.4, -0.2) is 44.6 Å². The lowest BCUT2D eigenvalue weighted by molar-refractivity contribution is 0.338. The van der Waals surface area contributed by atoms with Crippen LogP contribution < -0.4 is 9.47 Å². The Morgan fingerprint density at radius 1 is 1.35 bits per heavy atom. The Bertz CT molecular complexity index is 771. The maximum atomic E-state index is 11.2. The zero-order chi connectivity index (χ0) is 16.2. The Hall–Kier alpha value is -2.25. The van der Waals surface area contributed by atoms with Crippen LogP contribution in [0.15, 0.2) is 43.0 Å². The van der Waals surface area contributed by atoms with Gasteiger partial charge in [0.15, 0.2) is 5.65 Å². The number of benzene rings is 1. The first-order valence-corrected chi connectivity index (χ1v) is 8.80. The van der Waals surface area contributed by atoms with Gasteiger partial charge < -0.3 is 18.4 Å². The molecule has 0 fully saturated rings. The molecular formula is C16H17N3O3S. The maximum Gasteiger partial charge on any atom is 0.155 e. The molecule has 0 aliphatic heterocycles. The highest BCUT2D eigenvalue weighted by Crippen LogP contribution is 2.33. The van der Waals surface area contributed by atoms with E-state index in [-0.39, 0.29) is 0 Å². The number of ether oxygens (including phenoxy) is 2. The molecule has 2 heterocycles. The van der Waals surface area contributed by atoms with Gasteiger partial charge >= 0.3 is 0 Å². The quantitative estimate of drug-likeness (QED) is 0.647. The molecule has 1 unspecified atom stereocenters. The van der Waals surface area contributed by atoms with E-state index in [1.165, 1.54) is 0 Å². The third-order valence-electron chi connectivity index (χ3n) is 3.36. The minimum atomic E-state index is -0.894. The Morgan fingerprint density at radius 2 is 2.22 bits per heavy atom. The summed E-state index contributed by atoms with van der Waals surface area (Å²) in [6.45, 7) is 0.373. The van der Waals surface area contributed by atoms with Gasteiger partial charge in [-0.2, -0.15) is 0 Å². The monoisotopic (exact) mass is 331 g/mol.